The predicted octanol–water partition coefficient (Wildman–Crippen LogP) is 3.70. The highest BCUT2D eigenvalue weighted by Gasteiger charge is 2.25. The summed E-state index contributed by atoms with van der Waals surface area (Å²) in [4.78, 5) is 15.7. The molecule has 20 heavy (non-hydrogen) atoms. The summed E-state index contributed by atoms with van der Waals surface area (Å²) in [6, 6.07) is 6.25. The lowest BCUT2D eigenvalue weighted by atomic mass is 10.0. The number of aromatic nitrogens is 1. The van der Waals surface area contributed by atoms with Gasteiger partial charge in [0.25, 0.3) is 5.91 Å². The molecule has 3 nitrogen and oxygen atoms in total. The Morgan fingerprint density at radius 1 is 1.30 bits per heavy atom. The Balaban J connectivity index is 1.86. The average molecular weight is 270 g/mol. The van der Waals surface area contributed by atoms with Crippen molar-refractivity contribution in [3.63, 3.8) is 0 Å². The van der Waals surface area contributed by atoms with E-state index in [0.717, 1.165) is 22.9 Å². The topological polar surface area (TPSA) is 44.9 Å². The third-order valence-electron chi connectivity index (χ3n) is 4.75. The molecular weight excluding hydrogens is 248 g/mol. The minimum absolute atomic E-state index is 0.0592. The summed E-state index contributed by atoms with van der Waals surface area (Å²) in [7, 11) is 0. The molecule has 0 spiro atoms. The average Bonchev–Trinajstić information content (AvgIpc) is 2.95. The van der Waals surface area contributed by atoms with Crippen LogP contribution in [0.1, 0.15) is 47.8 Å². The Kier molecular flexibility index (Phi) is 3.28. The molecule has 3 heteroatoms. The fourth-order valence-corrected chi connectivity index (χ4v) is 3.21. The summed E-state index contributed by atoms with van der Waals surface area (Å²) < 4.78 is 0. The molecule has 1 aliphatic carbocycles. The van der Waals surface area contributed by atoms with E-state index in [1.165, 1.54) is 24.1 Å². The molecule has 0 bridgehead atoms. The van der Waals surface area contributed by atoms with Gasteiger partial charge in [0.05, 0.1) is 0 Å². The highest BCUT2D eigenvalue weighted by molar-refractivity contribution is 5.99. The fraction of sp³-hybridized carbons (Fsp3) is 0.471. The van der Waals surface area contributed by atoms with Crippen LogP contribution in [-0.4, -0.2) is 16.9 Å². The number of aromatic amines is 1. The third kappa shape index (κ3) is 2.21. The summed E-state index contributed by atoms with van der Waals surface area (Å²) >= 11 is 0. The number of carbonyl (C=O) groups excluding carboxylic acids is 1. The Morgan fingerprint density at radius 3 is 2.80 bits per heavy atom. The number of carbonyl (C=O) groups is 1. The first kappa shape index (κ1) is 13.2. The van der Waals surface area contributed by atoms with Crippen LogP contribution in [0.25, 0.3) is 10.9 Å². The summed E-state index contributed by atoms with van der Waals surface area (Å²) in [5.74, 6) is 0.655. The molecule has 1 fully saturated rings. The van der Waals surface area contributed by atoms with Gasteiger partial charge in [-0.3, -0.25) is 4.79 Å². The lowest BCUT2D eigenvalue weighted by Crippen LogP contribution is -2.36. The van der Waals surface area contributed by atoms with Crippen LogP contribution < -0.4 is 5.32 Å². The van der Waals surface area contributed by atoms with Gasteiger partial charge >= 0.3 is 0 Å². The number of nitrogens with one attached hydrogen (secondary N) is 2. The molecule has 3 rings (SSSR count). The minimum Gasteiger partial charge on any atom is -0.358 e. The Labute approximate surface area is 119 Å². The maximum absolute atomic E-state index is 12.4. The maximum Gasteiger partial charge on any atom is 0.251 e. The molecule has 1 aromatic heterocycles. The van der Waals surface area contributed by atoms with Crippen LogP contribution in [0.15, 0.2) is 18.2 Å². The van der Waals surface area contributed by atoms with Gasteiger partial charge in [0.2, 0.25) is 0 Å². The lowest BCUT2D eigenvalue weighted by molar-refractivity contribution is 0.0930. The largest absolute Gasteiger partial charge is 0.358 e. The van der Waals surface area contributed by atoms with Crippen LogP contribution in [0.5, 0.6) is 0 Å². The van der Waals surface area contributed by atoms with Gasteiger partial charge in [-0.2, -0.15) is 0 Å². The Hall–Kier alpha value is -1.77. The van der Waals surface area contributed by atoms with Crippen molar-refractivity contribution in [2.75, 3.05) is 0 Å². The van der Waals surface area contributed by atoms with Crippen LogP contribution in [0.3, 0.4) is 0 Å². The molecule has 1 aliphatic rings. The first-order valence-electron chi connectivity index (χ1n) is 7.46. The molecule has 2 atom stereocenters. The van der Waals surface area contributed by atoms with Crippen molar-refractivity contribution in [1.82, 2.24) is 10.3 Å². The van der Waals surface area contributed by atoms with E-state index in [1.807, 2.05) is 18.2 Å². The Morgan fingerprint density at radius 2 is 2.10 bits per heavy atom. The molecule has 0 radical (unpaired) electrons. The molecule has 1 saturated carbocycles. The number of fused-ring (bicyclic) bond motifs is 1. The van der Waals surface area contributed by atoms with Gasteiger partial charge in [-0.1, -0.05) is 13.3 Å². The summed E-state index contributed by atoms with van der Waals surface area (Å²) in [5, 5.41) is 4.33. The van der Waals surface area contributed by atoms with Gasteiger partial charge in [0.15, 0.2) is 0 Å². The van der Waals surface area contributed by atoms with E-state index in [4.69, 9.17) is 0 Å². The second kappa shape index (κ2) is 4.97. The summed E-state index contributed by atoms with van der Waals surface area (Å²) in [5.41, 5.74) is 4.26. The molecule has 2 aromatic rings. The quantitative estimate of drug-likeness (QED) is 0.858. The number of hydrogen-bond donors (Lipinski definition) is 2. The zero-order valence-electron chi connectivity index (χ0n) is 12.4. The van der Waals surface area contributed by atoms with Crippen molar-refractivity contribution in [2.24, 2.45) is 5.92 Å². The van der Waals surface area contributed by atoms with Gasteiger partial charge in [0.1, 0.15) is 0 Å². The van der Waals surface area contributed by atoms with E-state index >= 15 is 0 Å². The van der Waals surface area contributed by atoms with Crippen LogP contribution in [0.4, 0.5) is 0 Å². The monoisotopic (exact) mass is 270 g/mol. The van der Waals surface area contributed by atoms with Crippen LogP contribution >= 0.6 is 0 Å². The normalized spacial score (nSPS) is 22.4. The molecule has 1 heterocycles. The first-order chi connectivity index (χ1) is 9.56. The molecule has 2 unspecified atom stereocenters. The molecule has 2 N–H and O–H groups in total. The van der Waals surface area contributed by atoms with Crippen LogP contribution in [-0.2, 0) is 0 Å². The van der Waals surface area contributed by atoms with E-state index in [-0.39, 0.29) is 5.91 Å². The predicted molar refractivity (Wildman–Crippen MR) is 82.0 cm³/mol. The highest BCUT2D eigenvalue weighted by Crippen LogP contribution is 2.26. The van der Waals surface area contributed by atoms with Crippen molar-refractivity contribution in [3.8, 4) is 0 Å². The van der Waals surface area contributed by atoms with Crippen molar-refractivity contribution < 1.29 is 4.79 Å². The van der Waals surface area contributed by atoms with Crippen molar-refractivity contribution in [1.29, 1.82) is 0 Å². The smallest absolute Gasteiger partial charge is 0.251 e. The van der Waals surface area contributed by atoms with E-state index in [2.05, 4.69) is 31.1 Å². The summed E-state index contributed by atoms with van der Waals surface area (Å²) in [6.45, 7) is 6.38. The zero-order chi connectivity index (χ0) is 14.3. The molecule has 0 aliphatic heterocycles. The van der Waals surface area contributed by atoms with Gasteiger partial charge in [-0.15, -0.1) is 0 Å². The van der Waals surface area contributed by atoms with Crippen molar-refractivity contribution in [2.45, 2.75) is 46.1 Å². The van der Waals surface area contributed by atoms with E-state index in [9.17, 15) is 4.79 Å². The Bertz CT molecular complexity index is 656. The second-order valence-electron chi connectivity index (χ2n) is 6.12. The number of aryl methyl sites for hydroxylation is 2. The molecule has 1 amide bonds. The number of amides is 1. The van der Waals surface area contributed by atoms with E-state index in [0.29, 0.717) is 12.0 Å². The van der Waals surface area contributed by atoms with Gasteiger partial charge in [-0.25, -0.2) is 0 Å². The van der Waals surface area contributed by atoms with Crippen LogP contribution in [0.2, 0.25) is 0 Å². The highest BCUT2D eigenvalue weighted by atomic mass is 16.1. The van der Waals surface area contributed by atoms with Crippen molar-refractivity contribution >= 4 is 16.8 Å². The van der Waals surface area contributed by atoms with E-state index < -0.39 is 0 Å². The van der Waals surface area contributed by atoms with Gasteiger partial charge in [-0.05, 0) is 56.4 Å². The molecule has 106 valence electrons. The van der Waals surface area contributed by atoms with Gasteiger partial charge in [0, 0.05) is 28.2 Å². The molecule has 0 saturated heterocycles. The lowest BCUT2D eigenvalue weighted by Gasteiger charge is -2.17. The number of rotatable bonds is 2. The first-order valence-corrected chi connectivity index (χ1v) is 7.46. The van der Waals surface area contributed by atoms with E-state index in [1.54, 1.807) is 0 Å². The van der Waals surface area contributed by atoms with Gasteiger partial charge < -0.3 is 10.3 Å². The SMILES string of the molecule is Cc1[nH]c2ccc(C(=O)NC3CCCC3C)cc2c1C. The number of H-pyrrole nitrogens is 1. The van der Waals surface area contributed by atoms with Crippen molar-refractivity contribution in [3.05, 3.63) is 35.0 Å². The standard InChI is InChI=1S/C17H22N2O/c1-10-5-4-6-15(10)19-17(20)13-7-8-16-14(9-13)11(2)12(3)18-16/h7-10,15,18H,4-6H2,1-3H3,(H,19,20). The minimum atomic E-state index is 0.0592. The maximum atomic E-state index is 12.4. The molecular formula is C17H22N2O. The fourth-order valence-electron chi connectivity index (χ4n) is 3.21. The molecule has 1 aromatic carbocycles. The second-order valence-corrected chi connectivity index (χ2v) is 6.12. The van der Waals surface area contributed by atoms with Crippen LogP contribution in [0, 0.1) is 19.8 Å². The summed E-state index contributed by atoms with van der Waals surface area (Å²) in [6.07, 6.45) is 3.55. The number of benzene rings is 1. The number of hydrogen-bond acceptors (Lipinski definition) is 1. The third-order valence-corrected chi connectivity index (χ3v) is 4.75. The zero-order valence-corrected chi connectivity index (χ0v) is 12.4.